The van der Waals surface area contributed by atoms with Crippen LogP contribution in [0.2, 0.25) is 0 Å². The molecule has 1 aromatic carbocycles. The summed E-state index contributed by atoms with van der Waals surface area (Å²) in [6, 6.07) is 9.32. The van der Waals surface area contributed by atoms with Gasteiger partial charge in [-0.05, 0) is 44.7 Å². The quantitative estimate of drug-likeness (QED) is 0.475. The van der Waals surface area contributed by atoms with Gasteiger partial charge in [0.05, 0.1) is 0 Å². The predicted octanol–water partition coefficient (Wildman–Crippen LogP) is 7.14. The van der Waals surface area contributed by atoms with Gasteiger partial charge < -0.3 is 0 Å². The number of hydrogen-bond acceptors (Lipinski definition) is 1. The molecule has 1 aliphatic rings. The van der Waals surface area contributed by atoms with E-state index in [1.54, 1.807) is 0 Å². The Balaban J connectivity index is -0.000000156. The van der Waals surface area contributed by atoms with Crippen molar-refractivity contribution >= 4 is 0 Å². The van der Waals surface area contributed by atoms with Crippen LogP contribution in [0.5, 0.6) is 0 Å². The summed E-state index contributed by atoms with van der Waals surface area (Å²) in [4.78, 5) is 1.53. The molecule has 1 aliphatic heterocycles. The molecule has 1 aromatic rings. The maximum Gasteiger partial charge on any atom is 0.404 e. The second-order valence-electron chi connectivity index (χ2n) is 6.10. The molecule has 0 bridgehead atoms. The topological polar surface area (TPSA) is 3.24 Å². The van der Waals surface area contributed by atoms with Gasteiger partial charge in [0, 0.05) is 38.8 Å². The first kappa shape index (κ1) is 32.7. The summed E-state index contributed by atoms with van der Waals surface area (Å²) in [5.74, 6) is 0.659. The Bertz CT molecular complexity index is 405. The summed E-state index contributed by atoms with van der Waals surface area (Å²) in [6.45, 7) is 8.61. The van der Waals surface area contributed by atoms with Gasteiger partial charge in [0.25, 0.3) is 0 Å². The molecule has 25 heavy (non-hydrogen) atoms. The van der Waals surface area contributed by atoms with Crippen molar-refractivity contribution < 1.29 is 45.9 Å². The first-order valence-electron chi connectivity index (χ1n) is 7.61. The van der Waals surface area contributed by atoms with Crippen LogP contribution in [0.1, 0.15) is 74.3 Å². The fourth-order valence-electron chi connectivity index (χ4n) is 2.60. The molecule has 0 spiro atoms. The van der Waals surface area contributed by atoms with Crippen molar-refractivity contribution in [1.82, 2.24) is 4.90 Å². The minimum atomic E-state index is -4.04. The molecular formula is C20H38F3NY. The summed E-state index contributed by atoms with van der Waals surface area (Å²) in [7, 11) is 0. The third kappa shape index (κ3) is 11.4. The number of hydrogen-bond donors (Lipinski definition) is 0. The SMILES string of the molecule is C.C.C.CC(C)N1CCCC1C(F)(F)F.CC(C)c1ccccc1.[Y]. The van der Waals surface area contributed by atoms with E-state index in [2.05, 4.69) is 38.1 Å². The van der Waals surface area contributed by atoms with Gasteiger partial charge in [-0.25, -0.2) is 0 Å². The van der Waals surface area contributed by atoms with Crippen molar-refractivity contribution in [2.24, 2.45) is 0 Å². The molecule has 5 heteroatoms. The van der Waals surface area contributed by atoms with Crippen molar-refractivity contribution in [1.29, 1.82) is 0 Å². The smallest absolute Gasteiger partial charge is 0.290 e. The zero-order valence-electron chi connectivity index (χ0n) is 13.9. The predicted molar refractivity (Wildman–Crippen MR) is 102 cm³/mol. The summed E-state index contributed by atoms with van der Waals surface area (Å²) in [5, 5.41) is 0. The molecule has 1 heterocycles. The number of alkyl halides is 3. The maximum atomic E-state index is 12.3. The Morgan fingerprint density at radius 2 is 1.44 bits per heavy atom. The molecular weight excluding hydrogens is 400 g/mol. The summed E-state index contributed by atoms with van der Waals surface area (Å²) in [5.41, 5.74) is 1.41. The normalized spacial score (nSPS) is 16.6. The van der Waals surface area contributed by atoms with Crippen molar-refractivity contribution in [3.8, 4) is 0 Å². The standard InChI is InChI=1S/C9H12.C8H14F3N.3CH4.Y/c1-8(2)9-6-4-3-5-7-9;1-6(2)12-5-3-4-7(12)8(9,10)11;;;;/h3-8H,1-2H3;6-7H,3-5H2,1-2H3;3*1H4;. The van der Waals surface area contributed by atoms with E-state index in [-0.39, 0.29) is 67.5 Å². The Morgan fingerprint density at radius 1 is 0.960 bits per heavy atom. The minimum Gasteiger partial charge on any atom is -0.290 e. The summed E-state index contributed by atoms with van der Waals surface area (Å²) >= 11 is 0. The van der Waals surface area contributed by atoms with Gasteiger partial charge in [-0.1, -0.05) is 66.5 Å². The van der Waals surface area contributed by atoms with Crippen LogP contribution in [0.25, 0.3) is 0 Å². The molecule has 0 amide bonds. The molecule has 2 rings (SSSR count). The maximum absolute atomic E-state index is 12.3. The zero-order chi connectivity index (χ0) is 16.0. The van der Waals surface area contributed by atoms with Gasteiger partial charge in [-0.2, -0.15) is 13.2 Å². The molecule has 1 atom stereocenters. The van der Waals surface area contributed by atoms with Crippen LogP contribution < -0.4 is 0 Å². The van der Waals surface area contributed by atoms with Gasteiger partial charge in [-0.15, -0.1) is 0 Å². The third-order valence-electron chi connectivity index (χ3n) is 3.80. The van der Waals surface area contributed by atoms with E-state index >= 15 is 0 Å². The average Bonchev–Trinajstić information content (AvgIpc) is 2.90. The van der Waals surface area contributed by atoms with Crippen molar-refractivity contribution in [3.63, 3.8) is 0 Å². The van der Waals surface area contributed by atoms with Crippen LogP contribution in [0, 0.1) is 0 Å². The number of benzene rings is 1. The number of likely N-dealkylation sites (tertiary alicyclic amines) is 1. The number of nitrogens with zero attached hydrogens (tertiary/aromatic N) is 1. The van der Waals surface area contributed by atoms with E-state index in [0.717, 1.165) is 0 Å². The summed E-state index contributed by atoms with van der Waals surface area (Å²) < 4.78 is 37.0. The Labute approximate surface area is 179 Å². The van der Waals surface area contributed by atoms with Crippen molar-refractivity contribution in [2.75, 3.05) is 6.54 Å². The Kier molecular flexibility index (Phi) is 19.8. The van der Waals surface area contributed by atoms with Crippen LogP contribution in [0.15, 0.2) is 30.3 Å². The van der Waals surface area contributed by atoms with Crippen molar-refractivity contribution in [2.45, 2.75) is 87.0 Å². The van der Waals surface area contributed by atoms with Crippen LogP contribution in [-0.2, 0) is 32.7 Å². The van der Waals surface area contributed by atoms with Crippen molar-refractivity contribution in [3.05, 3.63) is 35.9 Å². The first-order valence-corrected chi connectivity index (χ1v) is 7.61. The van der Waals surface area contributed by atoms with E-state index < -0.39 is 12.2 Å². The number of rotatable bonds is 2. The second kappa shape index (κ2) is 15.2. The summed E-state index contributed by atoms with van der Waals surface area (Å²) in [6.07, 6.45) is -3.11. The van der Waals surface area contributed by atoms with Gasteiger partial charge in [0.1, 0.15) is 6.04 Å². The van der Waals surface area contributed by atoms with Crippen LogP contribution in [-0.4, -0.2) is 29.7 Å². The Hall–Kier alpha value is 0.0739. The fourth-order valence-corrected chi connectivity index (χ4v) is 2.60. The van der Waals surface area contributed by atoms with Crippen LogP contribution in [0.3, 0.4) is 0 Å². The molecule has 0 N–H and O–H groups in total. The molecule has 1 radical (unpaired) electrons. The average molecular weight is 438 g/mol. The van der Waals surface area contributed by atoms with Crippen LogP contribution >= 0.6 is 0 Å². The number of halogens is 3. The molecule has 0 aliphatic carbocycles. The molecule has 0 aromatic heterocycles. The molecule has 1 saturated heterocycles. The van der Waals surface area contributed by atoms with Gasteiger partial charge in [0.15, 0.2) is 0 Å². The first-order chi connectivity index (χ1) is 9.73. The van der Waals surface area contributed by atoms with Gasteiger partial charge in [-0.3, -0.25) is 4.90 Å². The minimum absolute atomic E-state index is 0. The molecule has 147 valence electrons. The molecule has 0 saturated carbocycles. The van der Waals surface area contributed by atoms with E-state index in [0.29, 0.717) is 18.9 Å². The van der Waals surface area contributed by atoms with Gasteiger partial charge >= 0.3 is 6.18 Å². The van der Waals surface area contributed by atoms with Gasteiger partial charge in [0.2, 0.25) is 0 Å². The van der Waals surface area contributed by atoms with E-state index in [1.807, 2.05) is 19.9 Å². The fraction of sp³-hybridized carbons (Fsp3) is 0.700. The van der Waals surface area contributed by atoms with Crippen LogP contribution in [0.4, 0.5) is 13.2 Å². The molecule has 1 fully saturated rings. The Morgan fingerprint density at radius 3 is 1.72 bits per heavy atom. The zero-order valence-corrected chi connectivity index (χ0v) is 16.7. The van der Waals surface area contributed by atoms with E-state index in [1.165, 1.54) is 10.5 Å². The molecule has 1 nitrogen and oxygen atoms in total. The van der Waals surface area contributed by atoms with E-state index in [4.69, 9.17) is 0 Å². The molecule has 1 unspecified atom stereocenters. The monoisotopic (exact) mass is 438 g/mol. The van der Waals surface area contributed by atoms with E-state index in [9.17, 15) is 13.2 Å². The third-order valence-corrected chi connectivity index (χ3v) is 3.80. The second-order valence-corrected chi connectivity index (χ2v) is 6.10. The largest absolute Gasteiger partial charge is 0.404 e.